The lowest BCUT2D eigenvalue weighted by atomic mass is 9.84. The fourth-order valence-electron chi connectivity index (χ4n) is 4.86. The first-order valence-corrected chi connectivity index (χ1v) is 13.1. The standard InChI is InChI=1S/C34H26N4O3/c39-33(25-13-5-1-6-14-25,26-15-7-2-8-16-26)29-21-37-31(23-35-29)41-32-24-36-30(22-38-32)34(40,27-17-9-3-10-18-27)28-19-11-4-12-20-28/h1-24,39-40H. The van der Waals surface area contributed by atoms with Crippen LogP contribution in [0.15, 0.2) is 146 Å². The van der Waals surface area contributed by atoms with Gasteiger partial charge in [-0.3, -0.25) is 9.97 Å². The first kappa shape index (κ1) is 26.0. The van der Waals surface area contributed by atoms with E-state index in [4.69, 9.17) is 4.74 Å². The monoisotopic (exact) mass is 538 g/mol. The molecule has 7 heteroatoms. The molecule has 0 amide bonds. The zero-order valence-electron chi connectivity index (χ0n) is 21.9. The van der Waals surface area contributed by atoms with Gasteiger partial charge in [-0.05, 0) is 22.3 Å². The number of aliphatic hydroxyl groups is 2. The topological polar surface area (TPSA) is 101 Å². The fraction of sp³-hybridized carbons (Fsp3) is 0.0588. The second kappa shape index (κ2) is 11.1. The summed E-state index contributed by atoms with van der Waals surface area (Å²) in [5, 5.41) is 23.8. The van der Waals surface area contributed by atoms with Gasteiger partial charge < -0.3 is 14.9 Å². The minimum Gasteiger partial charge on any atom is -0.417 e. The van der Waals surface area contributed by atoms with Crippen LogP contribution in [0.3, 0.4) is 0 Å². The van der Waals surface area contributed by atoms with E-state index in [-0.39, 0.29) is 11.8 Å². The Hall–Kier alpha value is -5.24. The summed E-state index contributed by atoms with van der Waals surface area (Å²) in [7, 11) is 0. The molecule has 0 fully saturated rings. The van der Waals surface area contributed by atoms with E-state index in [1.807, 2.05) is 121 Å². The molecule has 0 aliphatic carbocycles. The van der Waals surface area contributed by atoms with E-state index in [0.717, 1.165) is 0 Å². The molecule has 7 nitrogen and oxygen atoms in total. The highest BCUT2D eigenvalue weighted by Gasteiger charge is 2.37. The van der Waals surface area contributed by atoms with Crippen molar-refractivity contribution in [2.75, 3.05) is 0 Å². The van der Waals surface area contributed by atoms with Crippen LogP contribution in [0.2, 0.25) is 0 Å². The van der Waals surface area contributed by atoms with Crippen molar-refractivity contribution in [2.24, 2.45) is 0 Å². The van der Waals surface area contributed by atoms with Crippen LogP contribution in [0.25, 0.3) is 0 Å². The Balaban J connectivity index is 1.28. The van der Waals surface area contributed by atoms with Gasteiger partial charge in [0, 0.05) is 0 Å². The third-order valence-electron chi connectivity index (χ3n) is 6.97. The number of rotatable bonds is 8. The van der Waals surface area contributed by atoms with Crippen LogP contribution in [0.4, 0.5) is 0 Å². The normalized spacial score (nSPS) is 11.7. The zero-order valence-corrected chi connectivity index (χ0v) is 21.9. The average molecular weight is 539 g/mol. The van der Waals surface area contributed by atoms with Gasteiger partial charge in [-0.15, -0.1) is 0 Å². The molecule has 0 aliphatic rings. The molecule has 2 aromatic heterocycles. The lowest BCUT2D eigenvalue weighted by Gasteiger charge is -2.28. The Bertz CT molecular complexity index is 1490. The number of ether oxygens (including phenoxy) is 1. The maximum Gasteiger partial charge on any atom is 0.239 e. The van der Waals surface area contributed by atoms with Crippen molar-refractivity contribution in [1.82, 2.24) is 19.9 Å². The molecule has 2 heterocycles. The zero-order chi connectivity index (χ0) is 28.1. The number of benzene rings is 4. The Kier molecular flexibility index (Phi) is 7.04. The van der Waals surface area contributed by atoms with Gasteiger partial charge in [0.25, 0.3) is 0 Å². The van der Waals surface area contributed by atoms with E-state index in [1.165, 1.54) is 24.8 Å². The van der Waals surface area contributed by atoms with Crippen molar-refractivity contribution in [3.63, 3.8) is 0 Å². The Labute approximate surface area is 237 Å². The lowest BCUT2D eigenvalue weighted by molar-refractivity contribution is 0.120. The highest BCUT2D eigenvalue weighted by atomic mass is 16.5. The van der Waals surface area contributed by atoms with Gasteiger partial charge in [-0.1, -0.05) is 121 Å². The fourth-order valence-corrected chi connectivity index (χ4v) is 4.86. The highest BCUT2D eigenvalue weighted by Crippen LogP contribution is 2.37. The SMILES string of the molecule is OC(c1ccccc1)(c1ccccc1)c1cnc(Oc2cnc(C(O)(c3ccccc3)c3ccccc3)cn2)cn1. The Morgan fingerprint density at radius 1 is 0.390 bits per heavy atom. The molecular weight excluding hydrogens is 512 g/mol. The van der Waals surface area contributed by atoms with Gasteiger partial charge in [0.2, 0.25) is 11.8 Å². The van der Waals surface area contributed by atoms with Crippen molar-refractivity contribution in [3.05, 3.63) is 180 Å². The average Bonchev–Trinajstić information content (AvgIpc) is 3.06. The van der Waals surface area contributed by atoms with E-state index in [1.54, 1.807) is 0 Å². The van der Waals surface area contributed by atoms with E-state index >= 15 is 0 Å². The predicted octanol–water partition coefficient (Wildman–Crippen LogP) is 5.63. The van der Waals surface area contributed by atoms with Crippen molar-refractivity contribution < 1.29 is 14.9 Å². The van der Waals surface area contributed by atoms with Gasteiger partial charge >= 0.3 is 0 Å². The molecule has 0 radical (unpaired) electrons. The molecule has 4 aromatic carbocycles. The second-order valence-corrected chi connectivity index (χ2v) is 9.47. The van der Waals surface area contributed by atoms with Crippen LogP contribution in [0.1, 0.15) is 33.6 Å². The van der Waals surface area contributed by atoms with Gasteiger partial charge in [-0.25, -0.2) is 9.97 Å². The van der Waals surface area contributed by atoms with E-state index in [9.17, 15) is 10.2 Å². The quantitative estimate of drug-likeness (QED) is 0.259. The van der Waals surface area contributed by atoms with Crippen LogP contribution in [-0.2, 0) is 11.2 Å². The van der Waals surface area contributed by atoms with E-state index in [0.29, 0.717) is 33.6 Å². The molecule has 6 rings (SSSR count). The molecule has 2 N–H and O–H groups in total. The number of aromatic nitrogens is 4. The van der Waals surface area contributed by atoms with Crippen LogP contribution in [0.5, 0.6) is 11.8 Å². The van der Waals surface area contributed by atoms with Gasteiger partial charge in [0.1, 0.15) is 0 Å². The van der Waals surface area contributed by atoms with Crippen molar-refractivity contribution in [3.8, 4) is 11.8 Å². The van der Waals surface area contributed by atoms with Crippen LogP contribution < -0.4 is 4.74 Å². The molecule has 0 spiro atoms. The Morgan fingerprint density at radius 3 is 0.927 bits per heavy atom. The summed E-state index contributed by atoms with van der Waals surface area (Å²) in [5.41, 5.74) is 0.350. The summed E-state index contributed by atoms with van der Waals surface area (Å²) >= 11 is 0. The summed E-state index contributed by atoms with van der Waals surface area (Å²) in [6, 6.07) is 37.3. The minimum absolute atomic E-state index is 0.181. The maximum atomic E-state index is 11.9. The molecule has 0 bridgehead atoms. The number of nitrogens with zero attached hydrogens (tertiary/aromatic N) is 4. The third-order valence-corrected chi connectivity index (χ3v) is 6.97. The van der Waals surface area contributed by atoms with Crippen LogP contribution in [-0.4, -0.2) is 30.1 Å². The first-order valence-electron chi connectivity index (χ1n) is 13.1. The largest absolute Gasteiger partial charge is 0.417 e. The van der Waals surface area contributed by atoms with E-state index in [2.05, 4.69) is 19.9 Å². The van der Waals surface area contributed by atoms with E-state index < -0.39 is 11.2 Å². The molecule has 0 aliphatic heterocycles. The highest BCUT2D eigenvalue weighted by molar-refractivity contribution is 5.45. The smallest absolute Gasteiger partial charge is 0.239 e. The first-order chi connectivity index (χ1) is 20.1. The van der Waals surface area contributed by atoms with Crippen molar-refractivity contribution in [1.29, 1.82) is 0 Å². The number of hydrogen-bond acceptors (Lipinski definition) is 7. The van der Waals surface area contributed by atoms with Crippen LogP contribution >= 0.6 is 0 Å². The molecule has 0 atom stereocenters. The summed E-state index contributed by atoms with van der Waals surface area (Å²) < 4.78 is 5.83. The molecular formula is C34H26N4O3. The summed E-state index contributed by atoms with van der Waals surface area (Å²) in [5.74, 6) is 0.362. The van der Waals surface area contributed by atoms with Crippen molar-refractivity contribution >= 4 is 0 Å². The minimum atomic E-state index is -1.51. The van der Waals surface area contributed by atoms with Gasteiger partial charge in [0.05, 0.1) is 36.2 Å². The summed E-state index contributed by atoms with van der Waals surface area (Å²) in [6.45, 7) is 0. The molecule has 0 saturated heterocycles. The maximum absolute atomic E-state index is 11.9. The van der Waals surface area contributed by atoms with Gasteiger partial charge in [-0.2, -0.15) is 0 Å². The Morgan fingerprint density at radius 2 is 0.683 bits per heavy atom. The predicted molar refractivity (Wildman–Crippen MR) is 154 cm³/mol. The van der Waals surface area contributed by atoms with Crippen molar-refractivity contribution in [2.45, 2.75) is 11.2 Å². The summed E-state index contributed by atoms with van der Waals surface area (Å²) in [6.07, 6.45) is 5.85. The summed E-state index contributed by atoms with van der Waals surface area (Å²) in [4.78, 5) is 17.8. The lowest BCUT2D eigenvalue weighted by Crippen LogP contribution is -2.30. The molecule has 0 saturated carbocycles. The molecule has 0 unspecified atom stereocenters. The molecule has 41 heavy (non-hydrogen) atoms. The second-order valence-electron chi connectivity index (χ2n) is 9.47. The third kappa shape index (κ3) is 4.96. The van der Waals surface area contributed by atoms with Gasteiger partial charge in [0.15, 0.2) is 11.2 Å². The number of hydrogen-bond donors (Lipinski definition) is 2. The van der Waals surface area contributed by atoms with Crippen LogP contribution in [0, 0.1) is 0 Å². The molecule has 200 valence electrons. The molecule has 6 aromatic rings.